The molecular formula is C10H10O8S4. The topological polar surface area (TPSA) is 113 Å². The predicted octanol–water partition coefficient (Wildman–Crippen LogP) is 2.34. The average Bonchev–Trinajstić information content (AvgIpc) is 3.14. The summed E-state index contributed by atoms with van der Waals surface area (Å²) < 4.78 is 65.3. The van der Waals surface area contributed by atoms with E-state index in [9.17, 15) is 16.8 Å². The van der Waals surface area contributed by atoms with Gasteiger partial charge in [0, 0.05) is 0 Å². The first-order chi connectivity index (χ1) is 10.3. The molecule has 122 valence electrons. The first-order valence-electron chi connectivity index (χ1n) is 5.40. The average molecular weight is 386 g/mol. The molecule has 2 heterocycles. The zero-order valence-electron chi connectivity index (χ0n) is 11.2. The summed E-state index contributed by atoms with van der Waals surface area (Å²) in [6.07, 6.45) is 4.50. The minimum absolute atomic E-state index is 0.146. The van der Waals surface area contributed by atoms with Crippen molar-refractivity contribution in [3.05, 3.63) is 25.1 Å². The molecule has 0 N–H and O–H groups in total. The van der Waals surface area contributed by atoms with Crippen molar-refractivity contribution in [2.24, 2.45) is 0 Å². The van der Waals surface area contributed by atoms with Gasteiger partial charge in [-0.25, -0.2) is 0 Å². The molecule has 0 aromatic carbocycles. The van der Waals surface area contributed by atoms with E-state index in [1.165, 1.54) is 12.5 Å². The van der Waals surface area contributed by atoms with Gasteiger partial charge < -0.3 is 8.83 Å². The van der Waals surface area contributed by atoms with Gasteiger partial charge in [-0.1, -0.05) is 0 Å². The second kappa shape index (κ2) is 6.68. The molecule has 0 spiro atoms. The van der Waals surface area contributed by atoms with Crippen molar-refractivity contribution < 1.29 is 34.0 Å². The van der Waals surface area contributed by atoms with Crippen LogP contribution in [0.3, 0.4) is 0 Å². The van der Waals surface area contributed by atoms with Crippen molar-refractivity contribution in [3.8, 4) is 0 Å². The minimum Gasteiger partial charge on any atom is -0.470 e. The molecule has 0 atom stereocenters. The third-order valence-electron chi connectivity index (χ3n) is 2.38. The summed E-state index contributed by atoms with van der Waals surface area (Å²) in [5.41, 5.74) is 0. The number of hydrogen-bond donors (Lipinski definition) is 0. The van der Waals surface area contributed by atoms with Crippen molar-refractivity contribution in [1.29, 1.82) is 0 Å². The lowest BCUT2D eigenvalue weighted by atomic mass is 10.7. The molecule has 2 aromatic heterocycles. The first kappa shape index (κ1) is 17.4. The van der Waals surface area contributed by atoms with E-state index in [4.69, 9.17) is 8.83 Å². The van der Waals surface area contributed by atoms with Gasteiger partial charge in [0.05, 0.1) is 24.0 Å². The highest BCUT2D eigenvalue weighted by molar-refractivity contribution is 8.76. The third-order valence-corrected chi connectivity index (χ3v) is 7.63. The molecule has 0 saturated heterocycles. The maximum Gasteiger partial charge on any atom is 0.301 e. The van der Waals surface area contributed by atoms with E-state index in [1.807, 2.05) is 0 Å². The molecular weight excluding hydrogens is 376 g/mol. The fraction of sp³-hybridized carbons (Fsp3) is 0.200. The molecule has 0 aliphatic carbocycles. The van der Waals surface area contributed by atoms with Gasteiger partial charge in [-0.2, -0.15) is 16.8 Å². The summed E-state index contributed by atoms with van der Waals surface area (Å²) in [5.74, 6) is 0. The molecule has 12 heteroatoms. The van der Waals surface area contributed by atoms with Gasteiger partial charge in [0.2, 0.25) is 0 Å². The molecule has 2 rings (SSSR count). The Morgan fingerprint density at radius 1 is 0.773 bits per heavy atom. The number of rotatable bonds is 7. The maximum atomic E-state index is 11.7. The van der Waals surface area contributed by atoms with Crippen LogP contribution < -0.4 is 0 Å². The quantitative estimate of drug-likeness (QED) is 0.519. The van der Waals surface area contributed by atoms with Crippen LogP contribution in [-0.4, -0.2) is 31.1 Å². The van der Waals surface area contributed by atoms with Crippen LogP contribution in [0.25, 0.3) is 0 Å². The van der Waals surface area contributed by atoms with Crippen molar-refractivity contribution >= 4 is 41.8 Å². The molecule has 2 aromatic rings. The zero-order chi connectivity index (χ0) is 16.4. The summed E-state index contributed by atoms with van der Waals surface area (Å²) in [5, 5.41) is 0. The lowest BCUT2D eigenvalue weighted by Gasteiger charge is -2.03. The van der Waals surface area contributed by atoms with Crippen molar-refractivity contribution in [1.82, 2.24) is 0 Å². The molecule has 0 bridgehead atoms. The molecule has 0 aliphatic rings. The monoisotopic (exact) mass is 386 g/mol. The smallest absolute Gasteiger partial charge is 0.301 e. The summed E-state index contributed by atoms with van der Waals surface area (Å²) in [6.45, 7) is 0. The molecule has 0 fully saturated rings. The number of furan rings is 2. The molecule has 8 nitrogen and oxygen atoms in total. The molecule has 0 saturated carbocycles. The summed E-state index contributed by atoms with van der Waals surface area (Å²) >= 11 is 0. The van der Waals surface area contributed by atoms with Crippen molar-refractivity contribution in [2.75, 3.05) is 14.2 Å². The van der Waals surface area contributed by atoms with Gasteiger partial charge in [-0.15, -0.1) is 0 Å². The maximum absolute atomic E-state index is 11.7. The standard InChI is InChI=1S/C10H10O8S4/c1-15-21(11,12)9-5-17-3-7(9)19-20-8-4-18-6-10(8)22(13,14)16-2/h3-6H,1-2H3. The van der Waals surface area contributed by atoms with Gasteiger partial charge in [0.25, 0.3) is 0 Å². The molecule has 0 radical (unpaired) electrons. The van der Waals surface area contributed by atoms with E-state index in [0.717, 1.165) is 48.3 Å². The Kier molecular flexibility index (Phi) is 5.29. The van der Waals surface area contributed by atoms with E-state index in [2.05, 4.69) is 8.37 Å². The third kappa shape index (κ3) is 3.52. The molecule has 0 aliphatic heterocycles. The summed E-state index contributed by atoms with van der Waals surface area (Å²) in [6, 6.07) is 0. The Balaban J connectivity index is 2.24. The van der Waals surface area contributed by atoms with Crippen LogP contribution in [0, 0.1) is 0 Å². The van der Waals surface area contributed by atoms with Gasteiger partial charge >= 0.3 is 20.2 Å². The van der Waals surface area contributed by atoms with Crippen molar-refractivity contribution in [2.45, 2.75) is 19.6 Å². The van der Waals surface area contributed by atoms with E-state index in [1.54, 1.807) is 0 Å². The summed E-state index contributed by atoms with van der Waals surface area (Å²) in [4.78, 5) is 0.224. The Morgan fingerprint density at radius 2 is 1.14 bits per heavy atom. The normalized spacial score (nSPS) is 12.6. The fourth-order valence-electron chi connectivity index (χ4n) is 1.30. The van der Waals surface area contributed by atoms with E-state index in [0.29, 0.717) is 0 Å². The van der Waals surface area contributed by atoms with Gasteiger partial charge in [-0.05, 0) is 21.6 Å². The highest BCUT2D eigenvalue weighted by atomic mass is 33.1. The molecule has 0 amide bonds. The second-order valence-corrected chi connectivity index (χ2v) is 9.18. The van der Waals surface area contributed by atoms with E-state index >= 15 is 0 Å². The SMILES string of the molecule is COS(=O)(=O)c1cocc1SSc1cocc1S(=O)(=O)OC. The zero-order valence-corrected chi connectivity index (χ0v) is 14.5. The van der Waals surface area contributed by atoms with Crippen molar-refractivity contribution in [3.63, 3.8) is 0 Å². The largest absolute Gasteiger partial charge is 0.470 e. The Bertz CT molecular complexity index is 773. The Labute approximate surface area is 134 Å². The van der Waals surface area contributed by atoms with Crippen LogP contribution in [0.2, 0.25) is 0 Å². The first-order valence-corrected chi connectivity index (χ1v) is 10.4. The lowest BCUT2D eigenvalue weighted by Crippen LogP contribution is -2.02. The van der Waals surface area contributed by atoms with E-state index in [-0.39, 0.29) is 19.6 Å². The lowest BCUT2D eigenvalue weighted by molar-refractivity contribution is 0.394. The van der Waals surface area contributed by atoms with Crippen LogP contribution in [-0.2, 0) is 28.6 Å². The van der Waals surface area contributed by atoms with Crippen LogP contribution >= 0.6 is 21.6 Å². The fourth-order valence-corrected chi connectivity index (χ4v) is 5.72. The van der Waals surface area contributed by atoms with Gasteiger partial charge in [0.1, 0.15) is 34.8 Å². The van der Waals surface area contributed by atoms with Crippen LogP contribution in [0.15, 0.2) is 53.5 Å². The Hall–Kier alpha value is -0.920. The second-order valence-electron chi connectivity index (χ2n) is 3.61. The van der Waals surface area contributed by atoms with Gasteiger partial charge in [-0.3, -0.25) is 8.37 Å². The predicted molar refractivity (Wildman–Crippen MR) is 77.5 cm³/mol. The molecule has 22 heavy (non-hydrogen) atoms. The van der Waals surface area contributed by atoms with Crippen LogP contribution in [0.1, 0.15) is 0 Å². The highest BCUT2D eigenvalue weighted by Gasteiger charge is 2.24. The van der Waals surface area contributed by atoms with Crippen LogP contribution in [0.4, 0.5) is 0 Å². The summed E-state index contributed by atoms with van der Waals surface area (Å²) in [7, 11) is -3.81. The number of hydrogen-bond acceptors (Lipinski definition) is 10. The minimum atomic E-state index is -3.91. The Morgan fingerprint density at radius 3 is 1.45 bits per heavy atom. The van der Waals surface area contributed by atoms with Gasteiger partial charge in [0.15, 0.2) is 0 Å². The molecule has 0 unspecified atom stereocenters. The highest BCUT2D eigenvalue weighted by Crippen LogP contribution is 2.43. The van der Waals surface area contributed by atoms with Crippen LogP contribution in [0.5, 0.6) is 0 Å². The van der Waals surface area contributed by atoms with E-state index < -0.39 is 20.2 Å².